The highest BCUT2D eigenvalue weighted by molar-refractivity contribution is 5.52. The summed E-state index contributed by atoms with van der Waals surface area (Å²) in [5, 5.41) is 27.5. The van der Waals surface area contributed by atoms with Crippen molar-refractivity contribution in [1.29, 1.82) is 0 Å². The lowest BCUT2D eigenvalue weighted by atomic mass is 10.1. The molecule has 8 nitrogen and oxygen atoms in total. The van der Waals surface area contributed by atoms with Gasteiger partial charge in [-0.25, -0.2) is 0 Å². The summed E-state index contributed by atoms with van der Waals surface area (Å²) in [7, 11) is 0. The minimum atomic E-state index is 0.630. The molecule has 0 unspecified atom stereocenters. The van der Waals surface area contributed by atoms with Gasteiger partial charge in [0.15, 0.2) is 5.82 Å². The van der Waals surface area contributed by atoms with Crippen LogP contribution >= 0.6 is 0 Å². The Balaban J connectivity index is 0.000000218. The third-order valence-electron chi connectivity index (χ3n) is 4.52. The molecule has 152 valence electrons. The molecular weight excluding hydrogens is 352 g/mol. The number of rotatable bonds is 12. The van der Waals surface area contributed by atoms with Crippen LogP contribution in [-0.4, -0.2) is 41.2 Å². The highest BCUT2D eigenvalue weighted by atomic mass is 15.5. The number of aryl methyl sites for hydroxylation is 1. The number of hydrogen-bond acceptors (Lipinski definition) is 6. The number of unbranched alkanes of at least 4 members (excludes halogenated alkanes) is 9. The summed E-state index contributed by atoms with van der Waals surface area (Å²) in [5.74, 6) is 1.48. The SMILES string of the molecule is CCCCCCCCCCCCc1nn[nH]n1.c1ccc(-c2nn[nH]n2)cc1. The van der Waals surface area contributed by atoms with Gasteiger partial charge in [-0.1, -0.05) is 100 Å². The fourth-order valence-corrected chi connectivity index (χ4v) is 2.93. The number of nitrogens with zero attached hydrogens (tertiary/aromatic N) is 6. The van der Waals surface area contributed by atoms with Gasteiger partial charge in [-0.15, -0.1) is 20.4 Å². The van der Waals surface area contributed by atoms with Gasteiger partial charge in [0.1, 0.15) is 0 Å². The summed E-state index contributed by atoms with van der Waals surface area (Å²) in [5.41, 5.74) is 0.973. The second-order valence-electron chi connectivity index (χ2n) is 6.86. The first-order valence-corrected chi connectivity index (χ1v) is 10.4. The number of aromatic amines is 2. The smallest absolute Gasteiger partial charge is 0.177 e. The molecule has 0 radical (unpaired) electrons. The second-order valence-corrected chi connectivity index (χ2v) is 6.86. The first-order valence-electron chi connectivity index (χ1n) is 10.4. The maximum absolute atomic E-state index is 3.94. The van der Waals surface area contributed by atoms with Crippen LogP contribution in [0.15, 0.2) is 30.3 Å². The molecule has 8 heteroatoms. The van der Waals surface area contributed by atoms with Crippen LogP contribution in [0.4, 0.5) is 0 Å². The Kier molecular flexibility index (Phi) is 11.2. The number of hydrogen-bond donors (Lipinski definition) is 2. The van der Waals surface area contributed by atoms with Crippen LogP contribution in [-0.2, 0) is 6.42 Å². The van der Waals surface area contributed by atoms with Gasteiger partial charge in [-0.3, -0.25) is 0 Å². The van der Waals surface area contributed by atoms with Crippen LogP contribution in [0.3, 0.4) is 0 Å². The minimum Gasteiger partial charge on any atom is -0.177 e. The lowest BCUT2D eigenvalue weighted by molar-refractivity contribution is 0.554. The van der Waals surface area contributed by atoms with E-state index in [9.17, 15) is 0 Å². The van der Waals surface area contributed by atoms with Crippen LogP contribution in [0.5, 0.6) is 0 Å². The van der Waals surface area contributed by atoms with Crippen LogP contribution in [0.2, 0.25) is 0 Å². The summed E-state index contributed by atoms with van der Waals surface area (Å²) in [6.07, 6.45) is 14.6. The highest BCUT2D eigenvalue weighted by Gasteiger charge is 1.99. The molecular formula is C20H32N8. The van der Waals surface area contributed by atoms with E-state index >= 15 is 0 Å². The molecule has 3 aromatic rings. The summed E-state index contributed by atoms with van der Waals surface area (Å²) >= 11 is 0. The maximum Gasteiger partial charge on any atom is 0.204 e. The van der Waals surface area contributed by atoms with Gasteiger partial charge in [0.25, 0.3) is 0 Å². The molecule has 0 aliphatic carbocycles. The Hall–Kier alpha value is -2.64. The molecule has 2 heterocycles. The van der Waals surface area contributed by atoms with E-state index in [1.54, 1.807) is 0 Å². The maximum atomic E-state index is 3.94. The number of benzene rings is 1. The Morgan fingerprint density at radius 3 is 1.86 bits per heavy atom. The molecule has 0 aliphatic rings. The summed E-state index contributed by atoms with van der Waals surface area (Å²) in [4.78, 5) is 0. The summed E-state index contributed by atoms with van der Waals surface area (Å²) in [6.45, 7) is 2.27. The zero-order valence-electron chi connectivity index (χ0n) is 16.8. The topological polar surface area (TPSA) is 109 Å². The molecule has 2 aromatic heterocycles. The lowest BCUT2D eigenvalue weighted by Crippen LogP contribution is -1.89. The largest absolute Gasteiger partial charge is 0.204 e. The molecule has 0 saturated carbocycles. The normalized spacial score (nSPS) is 10.5. The van der Waals surface area contributed by atoms with Crippen molar-refractivity contribution in [2.75, 3.05) is 0 Å². The van der Waals surface area contributed by atoms with E-state index in [0.717, 1.165) is 17.8 Å². The van der Waals surface area contributed by atoms with Gasteiger partial charge in [0.2, 0.25) is 5.82 Å². The van der Waals surface area contributed by atoms with Crippen LogP contribution in [0, 0.1) is 0 Å². The molecule has 0 amide bonds. The molecule has 0 spiro atoms. The molecule has 0 fully saturated rings. The monoisotopic (exact) mass is 384 g/mol. The van der Waals surface area contributed by atoms with Crippen LogP contribution in [0.1, 0.15) is 77.0 Å². The number of aromatic nitrogens is 8. The molecule has 28 heavy (non-hydrogen) atoms. The third-order valence-corrected chi connectivity index (χ3v) is 4.52. The zero-order chi connectivity index (χ0) is 19.7. The van der Waals surface area contributed by atoms with E-state index in [1.807, 2.05) is 30.3 Å². The van der Waals surface area contributed by atoms with Crippen molar-refractivity contribution >= 4 is 0 Å². The average molecular weight is 385 g/mol. The van der Waals surface area contributed by atoms with Gasteiger partial charge in [0, 0.05) is 12.0 Å². The summed E-state index contributed by atoms with van der Waals surface area (Å²) < 4.78 is 0. The predicted octanol–water partition coefficient (Wildman–Crippen LogP) is 4.53. The standard InChI is InChI=1S/C13H26N4.C7H6N4/c1-2-3-4-5-6-7-8-9-10-11-12-13-14-16-17-15-13;1-2-4-6(5-3-1)7-8-10-11-9-7/h2-12H2,1H3,(H,14,15,16,17);1-5H,(H,8,9,10,11). The second kappa shape index (κ2) is 14.4. The van der Waals surface area contributed by atoms with Crippen molar-refractivity contribution in [2.45, 2.75) is 77.6 Å². The van der Waals surface area contributed by atoms with Gasteiger partial charge >= 0.3 is 0 Å². The third kappa shape index (κ3) is 9.34. The molecule has 0 atom stereocenters. The van der Waals surface area contributed by atoms with Gasteiger partial charge in [0.05, 0.1) is 0 Å². The van der Waals surface area contributed by atoms with Gasteiger partial charge in [-0.05, 0) is 11.6 Å². The lowest BCUT2D eigenvalue weighted by Gasteiger charge is -2.01. The number of nitrogens with one attached hydrogen (secondary N) is 2. The predicted molar refractivity (Wildman–Crippen MR) is 109 cm³/mol. The molecule has 0 bridgehead atoms. The Labute approximate surface area is 166 Å². The summed E-state index contributed by atoms with van der Waals surface area (Å²) in [6, 6.07) is 9.69. The van der Waals surface area contributed by atoms with Crippen molar-refractivity contribution in [3.63, 3.8) is 0 Å². The van der Waals surface area contributed by atoms with Crippen LogP contribution < -0.4 is 0 Å². The van der Waals surface area contributed by atoms with E-state index in [1.165, 1.54) is 64.2 Å². The quantitative estimate of drug-likeness (QED) is 0.444. The molecule has 3 rings (SSSR count). The van der Waals surface area contributed by atoms with E-state index in [0.29, 0.717) is 5.82 Å². The first kappa shape index (κ1) is 21.7. The van der Waals surface area contributed by atoms with Gasteiger partial charge in [-0.2, -0.15) is 10.4 Å². The van der Waals surface area contributed by atoms with Crippen molar-refractivity contribution < 1.29 is 0 Å². The van der Waals surface area contributed by atoms with Crippen molar-refractivity contribution in [3.8, 4) is 11.4 Å². The number of H-pyrrole nitrogens is 2. The minimum absolute atomic E-state index is 0.630. The van der Waals surface area contributed by atoms with E-state index < -0.39 is 0 Å². The Morgan fingerprint density at radius 2 is 1.29 bits per heavy atom. The van der Waals surface area contributed by atoms with Crippen molar-refractivity contribution in [2.24, 2.45) is 0 Å². The Morgan fingerprint density at radius 1 is 0.679 bits per heavy atom. The van der Waals surface area contributed by atoms with E-state index in [-0.39, 0.29) is 0 Å². The van der Waals surface area contributed by atoms with Crippen molar-refractivity contribution in [1.82, 2.24) is 41.2 Å². The fourth-order valence-electron chi connectivity index (χ4n) is 2.93. The average Bonchev–Trinajstić information content (AvgIpc) is 3.45. The molecule has 1 aromatic carbocycles. The first-order chi connectivity index (χ1) is 13.9. The van der Waals surface area contributed by atoms with Crippen molar-refractivity contribution in [3.05, 3.63) is 36.2 Å². The van der Waals surface area contributed by atoms with Crippen LogP contribution in [0.25, 0.3) is 11.4 Å². The van der Waals surface area contributed by atoms with Gasteiger partial charge < -0.3 is 0 Å². The van der Waals surface area contributed by atoms with E-state index in [4.69, 9.17) is 0 Å². The zero-order valence-corrected chi connectivity index (χ0v) is 16.8. The Bertz CT molecular complexity index is 682. The van der Waals surface area contributed by atoms with E-state index in [2.05, 4.69) is 48.2 Å². The molecule has 2 N–H and O–H groups in total. The highest BCUT2D eigenvalue weighted by Crippen LogP contribution is 2.11. The molecule has 0 saturated heterocycles. The number of tetrazole rings is 2. The fraction of sp³-hybridized carbons (Fsp3) is 0.600. The molecule has 0 aliphatic heterocycles.